The Morgan fingerprint density at radius 1 is 0.700 bits per heavy atom. The van der Waals surface area contributed by atoms with Crippen LogP contribution in [0.5, 0.6) is 0 Å². The number of halogens is 1. The van der Waals surface area contributed by atoms with E-state index in [2.05, 4.69) is 4.90 Å². The lowest BCUT2D eigenvalue weighted by Crippen LogP contribution is -2.37. The molecule has 0 atom stereocenters. The summed E-state index contributed by atoms with van der Waals surface area (Å²) in [7, 11) is 0. The number of nitro groups is 2. The summed E-state index contributed by atoms with van der Waals surface area (Å²) in [5.41, 5.74) is 3.57. The average molecular weight is 572 g/mol. The zero-order valence-electron chi connectivity index (χ0n) is 22.4. The number of non-ortho nitro benzene ring substituents is 2. The molecular formula is C28H34ClN5O6. The van der Waals surface area contributed by atoms with Crippen LogP contribution in [0.4, 0.5) is 22.7 Å². The molecule has 1 saturated heterocycles. The van der Waals surface area contributed by atoms with E-state index in [1.165, 1.54) is 25.0 Å². The Balaban J connectivity index is 0.000000189. The Morgan fingerprint density at radius 2 is 1.18 bits per heavy atom. The second kappa shape index (κ2) is 13.7. The molecule has 0 aromatic heterocycles. The topological polar surface area (TPSA) is 130 Å². The van der Waals surface area contributed by atoms with Gasteiger partial charge in [-0.25, -0.2) is 0 Å². The minimum absolute atomic E-state index is 0.0569. The standard InChI is InChI=1S/C16H21N3O3.C12H13ClN2O3/c20-16-7-4-13-12-14(19(21)22)5-6-15(13)18(16)11-3-10-17-8-1-2-9-17;13-6-1-7-14-11-4-3-10(15(17)18)8-9(11)2-5-12(14)16/h5-6,12H,1-4,7-11H2;3-4,8H,1-2,5-7H2. The Morgan fingerprint density at radius 3 is 1.62 bits per heavy atom. The van der Waals surface area contributed by atoms with Gasteiger partial charge in [-0.2, -0.15) is 0 Å². The maximum atomic E-state index is 12.2. The first kappa shape index (κ1) is 29.4. The summed E-state index contributed by atoms with van der Waals surface area (Å²) >= 11 is 5.64. The normalized spacial score (nSPS) is 16.7. The summed E-state index contributed by atoms with van der Waals surface area (Å²) < 4.78 is 0. The van der Waals surface area contributed by atoms with Crippen molar-refractivity contribution in [1.29, 1.82) is 0 Å². The van der Waals surface area contributed by atoms with Crippen molar-refractivity contribution >= 4 is 46.2 Å². The van der Waals surface area contributed by atoms with Gasteiger partial charge in [-0.1, -0.05) is 0 Å². The first-order chi connectivity index (χ1) is 19.3. The first-order valence-electron chi connectivity index (χ1n) is 13.7. The van der Waals surface area contributed by atoms with Gasteiger partial charge in [0, 0.05) is 67.5 Å². The minimum atomic E-state index is -0.417. The van der Waals surface area contributed by atoms with Gasteiger partial charge in [0.2, 0.25) is 11.8 Å². The number of aryl methyl sites for hydroxylation is 2. The van der Waals surface area contributed by atoms with Crippen molar-refractivity contribution in [3.63, 3.8) is 0 Å². The lowest BCUT2D eigenvalue weighted by atomic mass is 10.00. The fourth-order valence-electron chi connectivity index (χ4n) is 5.49. The van der Waals surface area contributed by atoms with E-state index in [9.17, 15) is 29.8 Å². The fourth-order valence-corrected chi connectivity index (χ4v) is 5.61. The first-order valence-corrected chi connectivity index (χ1v) is 14.3. The molecule has 3 heterocycles. The summed E-state index contributed by atoms with van der Waals surface area (Å²) in [5, 5.41) is 21.6. The van der Waals surface area contributed by atoms with Crippen LogP contribution in [-0.4, -0.2) is 65.2 Å². The van der Waals surface area contributed by atoms with Crippen LogP contribution < -0.4 is 9.80 Å². The van der Waals surface area contributed by atoms with Crippen molar-refractivity contribution < 1.29 is 19.4 Å². The molecule has 5 rings (SSSR count). The number of amides is 2. The number of likely N-dealkylation sites (tertiary alicyclic amines) is 1. The van der Waals surface area contributed by atoms with E-state index >= 15 is 0 Å². The number of hydrogen-bond acceptors (Lipinski definition) is 7. The van der Waals surface area contributed by atoms with Crippen molar-refractivity contribution in [2.75, 3.05) is 48.4 Å². The molecule has 0 aliphatic carbocycles. The molecule has 40 heavy (non-hydrogen) atoms. The number of hydrogen-bond donors (Lipinski definition) is 0. The number of carbonyl (C=O) groups excluding carboxylic acids is 2. The molecule has 214 valence electrons. The highest BCUT2D eigenvalue weighted by Crippen LogP contribution is 2.32. The lowest BCUT2D eigenvalue weighted by Gasteiger charge is -2.30. The van der Waals surface area contributed by atoms with Crippen LogP contribution in [0.1, 0.15) is 49.7 Å². The Kier molecular flexibility index (Phi) is 10.1. The molecule has 0 bridgehead atoms. The predicted octanol–water partition coefficient (Wildman–Crippen LogP) is 4.86. The average Bonchev–Trinajstić information content (AvgIpc) is 3.47. The van der Waals surface area contributed by atoms with Crippen molar-refractivity contribution in [2.24, 2.45) is 0 Å². The molecule has 3 aliphatic rings. The summed E-state index contributed by atoms with van der Waals surface area (Å²) in [5.74, 6) is 0.677. The highest BCUT2D eigenvalue weighted by atomic mass is 35.5. The number of carbonyl (C=O) groups is 2. The van der Waals surface area contributed by atoms with Gasteiger partial charge in [-0.05, 0) is 81.4 Å². The van der Waals surface area contributed by atoms with E-state index in [1.54, 1.807) is 34.1 Å². The highest BCUT2D eigenvalue weighted by Gasteiger charge is 2.27. The number of benzene rings is 2. The molecule has 2 aromatic carbocycles. The summed E-state index contributed by atoms with van der Waals surface area (Å²) in [4.78, 5) is 50.7. The fraction of sp³-hybridized carbons (Fsp3) is 0.500. The summed E-state index contributed by atoms with van der Waals surface area (Å²) in [6.45, 7) is 4.60. The maximum Gasteiger partial charge on any atom is 0.269 e. The van der Waals surface area contributed by atoms with Gasteiger partial charge in [0.25, 0.3) is 11.4 Å². The predicted molar refractivity (Wildman–Crippen MR) is 153 cm³/mol. The molecule has 3 aliphatic heterocycles. The number of rotatable bonds is 9. The summed E-state index contributed by atoms with van der Waals surface area (Å²) in [6, 6.07) is 9.46. The molecule has 0 N–H and O–H groups in total. The van der Waals surface area contributed by atoms with Crippen LogP contribution in [0.25, 0.3) is 0 Å². The van der Waals surface area contributed by atoms with Gasteiger partial charge in [-0.3, -0.25) is 29.8 Å². The van der Waals surface area contributed by atoms with E-state index < -0.39 is 4.92 Å². The SMILES string of the molecule is O=C1CCc2cc([N+](=O)[O-])ccc2N1CCCCl.O=C1CCc2cc([N+](=O)[O-])ccc2N1CCCN1CCCC1. The molecule has 2 aromatic rings. The Bertz CT molecular complexity index is 1270. The van der Waals surface area contributed by atoms with Gasteiger partial charge < -0.3 is 14.7 Å². The molecule has 0 spiro atoms. The smallest absolute Gasteiger partial charge is 0.269 e. The minimum Gasteiger partial charge on any atom is -0.312 e. The third kappa shape index (κ3) is 7.14. The van der Waals surface area contributed by atoms with E-state index in [0.29, 0.717) is 51.1 Å². The third-order valence-electron chi connectivity index (χ3n) is 7.52. The number of nitrogens with zero attached hydrogens (tertiary/aromatic N) is 5. The number of fused-ring (bicyclic) bond motifs is 2. The van der Waals surface area contributed by atoms with E-state index in [4.69, 9.17) is 11.6 Å². The molecule has 11 nitrogen and oxygen atoms in total. The molecule has 0 saturated carbocycles. The van der Waals surface area contributed by atoms with Crippen LogP contribution >= 0.6 is 11.6 Å². The highest BCUT2D eigenvalue weighted by molar-refractivity contribution is 6.17. The molecule has 1 fully saturated rings. The van der Waals surface area contributed by atoms with Gasteiger partial charge in [0.15, 0.2) is 0 Å². The van der Waals surface area contributed by atoms with E-state index in [1.807, 2.05) is 0 Å². The van der Waals surface area contributed by atoms with Gasteiger partial charge in [-0.15, -0.1) is 11.6 Å². The maximum absolute atomic E-state index is 12.2. The Hall–Kier alpha value is -3.57. The van der Waals surface area contributed by atoms with Crippen LogP contribution in [0.15, 0.2) is 36.4 Å². The van der Waals surface area contributed by atoms with Crippen molar-refractivity contribution in [2.45, 2.75) is 51.4 Å². The van der Waals surface area contributed by atoms with Crippen LogP contribution in [0.3, 0.4) is 0 Å². The zero-order valence-corrected chi connectivity index (χ0v) is 23.2. The molecule has 12 heteroatoms. The Labute approximate surface area is 238 Å². The van der Waals surface area contributed by atoms with Gasteiger partial charge in [0.1, 0.15) is 0 Å². The van der Waals surface area contributed by atoms with Gasteiger partial charge >= 0.3 is 0 Å². The van der Waals surface area contributed by atoms with E-state index in [0.717, 1.165) is 48.6 Å². The third-order valence-corrected chi connectivity index (χ3v) is 7.79. The van der Waals surface area contributed by atoms with Crippen LogP contribution in [0, 0.1) is 20.2 Å². The second-order valence-corrected chi connectivity index (χ2v) is 10.6. The van der Waals surface area contributed by atoms with E-state index in [-0.39, 0.29) is 28.1 Å². The largest absolute Gasteiger partial charge is 0.312 e. The zero-order chi connectivity index (χ0) is 28.6. The quantitative estimate of drug-likeness (QED) is 0.238. The lowest BCUT2D eigenvalue weighted by molar-refractivity contribution is -0.385. The van der Waals surface area contributed by atoms with Crippen molar-refractivity contribution in [1.82, 2.24) is 4.90 Å². The van der Waals surface area contributed by atoms with Gasteiger partial charge in [0.05, 0.1) is 9.85 Å². The number of alkyl halides is 1. The van der Waals surface area contributed by atoms with Crippen molar-refractivity contribution in [3.8, 4) is 0 Å². The number of nitro benzene ring substituents is 2. The second-order valence-electron chi connectivity index (χ2n) is 10.2. The molecule has 0 unspecified atom stereocenters. The number of anilines is 2. The van der Waals surface area contributed by atoms with Crippen LogP contribution in [-0.2, 0) is 22.4 Å². The summed E-state index contributed by atoms with van der Waals surface area (Å²) in [6.07, 6.45) is 6.20. The van der Waals surface area contributed by atoms with Crippen LogP contribution in [0.2, 0.25) is 0 Å². The molecular weight excluding hydrogens is 538 g/mol. The van der Waals surface area contributed by atoms with Crippen molar-refractivity contribution in [3.05, 3.63) is 67.8 Å². The monoisotopic (exact) mass is 571 g/mol. The molecule has 0 radical (unpaired) electrons. The molecule has 2 amide bonds.